The van der Waals surface area contributed by atoms with Crippen molar-refractivity contribution in [3.8, 4) is 0 Å². The van der Waals surface area contributed by atoms with Crippen molar-refractivity contribution in [3.05, 3.63) is 51.4 Å². The lowest BCUT2D eigenvalue weighted by molar-refractivity contribution is -0.136. The number of aromatic carboxylic acids is 1. The van der Waals surface area contributed by atoms with E-state index in [1.165, 1.54) is 6.08 Å². The standard InChI is InChI=1S/C19H19FO6/c1-10(4-6-15(21)22)3-5-13-12(7-8-20)11(2)14-9-26-19(25)17(14)16(13)18(23)24/h3,7-8H,4-6,9H2,1-2H3,(H,21,22)(H,23,24)/b8-7?,10-3+. The Morgan fingerprint density at radius 3 is 2.54 bits per heavy atom. The highest BCUT2D eigenvalue weighted by Gasteiger charge is 2.33. The average molecular weight is 362 g/mol. The summed E-state index contributed by atoms with van der Waals surface area (Å²) in [5.41, 5.74) is 2.33. The number of hydrogen-bond acceptors (Lipinski definition) is 4. The first-order valence-electron chi connectivity index (χ1n) is 8.00. The highest BCUT2D eigenvalue weighted by atomic mass is 19.1. The maximum Gasteiger partial charge on any atom is 0.339 e. The summed E-state index contributed by atoms with van der Waals surface area (Å²) in [6.07, 6.45) is 3.60. The van der Waals surface area contributed by atoms with Crippen LogP contribution in [-0.4, -0.2) is 28.1 Å². The fourth-order valence-corrected chi connectivity index (χ4v) is 3.05. The van der Waals surface area contributed by atoms with Crippen molar-refractivity contribution in [1.29, 1.82) is 0 Å². The molecule has 1 heterocycles. The zero-order chi connectivity index (χ0) is 19.4. The summed E-state index contributed by atoms with van der Waals surface area (Å²) in [5, 5.41) is 18.4. The van der Waals surface area contributed by atoms with Crippen LogP contribution in [0.25, 0.3) is 6.08 Å². The van der Waals surface area contributed by atoms with E-state index in [1.807, 2.05) is 0 Å². The highest BCUT2D eigenvalue weighted by Crippen LogP contribution is 2.34. The van der Waals surface area contributed by atoms with E-state index in [1.54, 1.807) is 19.9 Å². The zero-order valence-electron chi connectivity index (χ0n) is 14.5. The van der Waals surface area contributed by atoms with Crippen LogP contribution in [0.2, 0.25) is 0 Å². The van der Waals surface area contributed by atoms with Crippen LogP contribution in [0, 0.1) is 6.92 Å². The number of carbonyl (C=O) groups is 3. The van der Waals surface area contributed by atoms with Gasteiger partial charge in [-0.2, -0.15) is 0 Å². The van der Waals surface area contributed by atoms with Crippen LogP contribution in [0.1, 0.15) is 62.7 Å². The predicted molar refractivity (Wildman–Crippen MR) is 91.7 cm³/mol. The monoisotopic (exact) mass is 362 g/mol. The summed E-state index contributed by atoms with van der Waals surface area (Å²) in [6, 6.07) is 0. The molecule has 1 aromatic carbocycles. The fraction of sp³-hybridized carbons (Fsp3) is 0.316. The van der Waals surface area contributed by atoms with E-state index in [2.05, 4.69) is 0 Å². The van der Waals surface area contributed by atoms with Crippen LogP contribution in [0.5, 0.6) is 0 Å². The first-order chi connectivity index (χ1) is 12.3. The molecule has 0 aromatic heterocycles. The van der Waals surface area contributed by atoms with Crippen molar-refractivity contribution in [1.82, 2.24) is 0 Å². The minimum atomic E-state index is -1.29. The van der Waals surface area contributed by atoms with Crippen LogP contribution in [0.3, 0.4) is 0 Å². The van der Waals surface area contributed by atoms with E-state index in [9.17, 15) is 23.9 Å². The Bertz CT molecular complexity index is 835. The van der Waals surface area contributed by atoms with Gasteiger partial charge in [-0.1, -0.05) is 11.6 Å². The number of carbonyl (C=O) groups excluding carboxylic acids is 1. The lowest BCUT2D eigenvalue weighted by Gasteiger charge is -2.16. The molecule has 0 amide bonds. The minimum absolute atomic E-state index is 0.0117. The molecule has 26 heavy (non-hydrogen) atoms. The number of esters is 1. The van der Waals surface area contributed by atoms with Gasteiger partial charge in [0.05, 0.1) is 17.5 Å². The molecular formula is C19H19FO6. The normalized spacial score (nSPS) is 13.8. The topological polar surface area (TPSA) is 101 Å². The molecule has 0 saturated carbocycles. The number of carboxylic acids is 2. The second-order valence-corrected chi connectivity index (χ2v) is 6.07. The number of fused-ring (bicyclic) bond motifs is 1. The van der Waals surface area contributed by atoms with E-state index in [0.717, 1.165) is 5.57 Å². The molecule has 0 fully saturated rings. The van der Waals surface area contributed by atoms with E-state index in [0.29, 0.717) is 35.0 Å². The molecule has 138 valence electrons. The predicted octanol–water partition coefficient (Wildman–Crippen LogP) is 3.66. The van der Waals surface area contributed by atoms with Gasteiger partial charge in [-0.3, -0.25) is 4.79 Å². The molecule has 0 atom stereocenters. The van der Waals surface area contributed by atoms with Crippen LogP contribution in [-0.2, 0) is 22.6 Å². The third-order valence-corrected chi connectivity index (χ3v) is 4.42. The Labute approximate surface area is 149 Å². The minimum Gasteiger partial charge on any atom is -0.481 e. The van der Waals surface area contributed by atoms with E-state index >= 15 is 0 Å². The first-order valence-corrected chi connectivity index (χ1v) is 8.00. The van der Waals surface area contributed by atoms with Gasteiger partial charge >= 0.3 is 17.9 Å². The van der Waals surface area contributed by atoms with Gasteiger partial charge in [0.2, 0.25) is 0 Å². The number of cyclic esters (lactones) is 1. The van der Waals surface area contributed by atoms with Crippen LogP contribution in [0.15, 0.2) is 18.0 Å². The van der Waals surface area contributed by atoms with Gasteiger partial charge in [-0.15, -0.1) is 0 Å². The lowest BCUT2D eigenvalue weighted by Crippen LogP contribution is -2.14. The number of halogens is 1. The second kappa shape index (κ2) is 7.95. The molecule has 1 aromatic rings. The van der Waals surface area contributed by atoms with E-state index in [4.69, 9.17) is 9.84 Å². The van der Waals surface area contributed by atoms with Crippen molar-refractivity contribution in [2.45, 2.75) is 39.7 Å². The first kappa shape index (κ1) is 19.4. The number of benzene rings is 1. The summed E-state index contributed by atoms with van der Waals surface area (Å²) < 4.78 is 17.9. The van der Waals surface area contributed by atoms with Crippen LogP contribution < -0.4 is 0 Å². The van der Waals surface area contributed by atoms with Crippen LogP contribution >= 0.6 is 0 Å². The van der Waals surface area contributed by atoms with Crippen molar-refractivity contribution in [2.75, 3.05) is 0 Å². The Morgan fingerprint density at radius 1 is 1.27 bits per heavy atom. The molecule has 6 nitrogen and oxygen atoms in total. The van der Waals surface area contributed by atoms with Gasteiger partial charge in [-0.05, 0) is 49.5 Å². The Hall–Kier alpha value is -2.96. The summed E-state index contributed by atoms with van der Waals surface area (Å²) in [7, 11) is 0. The highest BCUT2D eigenvalue weighted by molar-refractivity contribution is 6.07. The summed E-state index contributed by atoms with van der Waals surface area (Å²) in [5.74, 6) is -2.93. The van der Waals surface area contributed by atoms with E-state index < -0.39 is 17.9 Å². The molecule has 1 aliphatic heterocycles. The van der Waals surface area contributed by atoms with Gasteiger partial charge < -0.3 is 14.9 Å². The summed E-state index contributed by atoms with van der Waals surface area (Å²) >= 11 is 0. The van der Waals surface area contributed by atoms with Gasteiger partial charge in [0.1, 0.15) is 6.61 Å². The molecule has 0 saturated heterocycles. The maximum atomic E-state index is 12.9. The second-order valence-electron chi connectivity index (χ2n) is 6.07. The molecule has 2 rings (SSSR count). The van der Waals surface area contributed by atoms with Crippen molar-refractivity contribution in [2.24, 2.45) is 0 Å². The zero-order valence-corrected chi connectivity index (χ0v) is 14.5. The van der Waals surface area contributed by atoms with Gasteiger partial charge in [0.25, 0.3) is 0 Å². The van der Waals surface area contributed by atoms with Crippen molar-refractivity contribution in [3.63, 3.8) is 0 Å². The molecule has 0 bridgehead atoms. The molecule has 7 heteroatoms. The SMILES string of the molecule is C/C(=C\Cc1c(C=CF)c(C)c2c(c1C(=O)O)C(=O)OC2)CCC(=O)O. The molecule has 2 N–H and O–H groups in total. The molecule has 0 unspecified atom stereocenters. The fourth-order valence-electron chi connectivity index (χ4n) is 3.05. The number of carboxylic acid groups (broad SMARTS) is 2. The van der Waals surface area contributed by atoms with Gasteiger partial charge in [0, 0.05) is 12.0 Å². The number of aliphatic carboxylic acids is 1. The third-order valence-electron chi connectivity index (χ3n) is 4.42. The summed E-state index contributed by atoms with van der Waals surface area (Å²) in [4.78, 5) is 34.5. The molecule has 0 radical (unpaired) electrons. The molecular weight excluding hydrogens is 343 g/mol. The summed E-state index contributed by atoms with van der Waals surface area (Å²) in [6.45, 7) is 3.38. The van der Waals surface area contributed by atoms with Gasteiger partial charge in [0.15, 0.2) is 0 Å². The van der Waals surface area contributed by atoms with Gasteiger partial charge in [-0.25, -0.2) is 14.0 Å². The average Bonchev–Trinajstić information content (AvgIpc) is 2.95. The number of rotatable bonds is 7. The smallest absolute Gasteiger partial charge is 0.339 e. The molecule has 0 aliphatic carbocycles. The maximum absolute atomic E-state index is 12.9. The van der Waals surface area contributed by atoms with Crippen molar-refractivity contribution >= 4 is 24.0 Å². The molecule has 0 spiro atoms. The van der Waals surface area contributed by atoms with Crippen LogP contribution in [0.4, 0.5) is 4.39 Å². The lowest BCUT2D eigenvalue weighted by atomic mass is 9.86. The number of allylic oxidation sites excluding steroid dienone is 2. The quantitative estimate of drug-likeness (QED) is 0.567. The Morgan fingerprint density at radius 2 is 1.96 bits per heavy atom. The molecule has 1 aliphatic rings. The third kappa shape index (κ3) is 3.82. The Balaban J connectivity index is 2.59. The van der Waals surface area contributed by atoms with Crippen molar-refractivity contribution < 1.29 is 33.7 Å². The largest absolute Gasteiger partial charge is 0.481 e. The Kier molecular flexibility index (Phi) is 5.92. The number of ether oxygens (including phenoxy) is 1. The van der Waals surface area contributed by atoms with E-state index in [-0.39, 0.29) is 30.6 Å². The number of hydrogen-bond donors (Lipinski definition) is 2.